The number of fused-ring (bicyclic) bond motifs is 1. The first-order valence-corrected chi connectivity index (χ1v) is 6.21. The number of nitrogens with two attached hydrogens (primary N) is 1. The summed E-state index contributed by atoms with van der Waals surface area (Å²) in [5, 5.41) is 2.87. The molecule has 0 aromatic heterocycles. The van der Waals surface area contributed by atoms with Gasteiger partial charge in [-0.2, -0.15) is 0 Å². The van der Waals surface area contributed by atoms with Crippen molar-refractivity contribution in [1.29, 1.82) is 0 Å². The van der Waals surface area contributed by atoms with Crippen LogP contribution in [0.25, 0.3) is 0 Å². The predicted molar refractivity (Wildman–Crippen MR) is 58.9 cm³/mol. The highest BCUT2D eigenvalue weighted by Crippen LogP contribution is 2.40. The molecule has 16 heavy (non-hydrogen) atoms. The summed E-state index contributed by atoms with van der Waals surface area (Å²) in [4.78, 5) is 13.6. The van der Waals surface area contributed by atoms with Gasteiger partial charge in [0.2, 0.25) is 0 Å². The van der Waals surface area contributed by atoms with Crippen LogP contribution in [0.5, 0.6) is 0 Å². The van der Waals surface area contributed by atoms with E-state index in [0.717, 1.165) is 39.0 Å². The van der Waals surface area contributed by atoms with Crippen molar-refractivity contribution < 1.29 is 9.53 Å². The fourth-order valence-electron chi connectivity index (χ4n) is 3.23. The molecule has 3 rings (SSSR count). The average Bonchev–Trinajstić information content (AvgIpc) is 2.31. The van der Waals surface area contributed by atoms with E-state index in [0.29, 0.717) is 5.92 Å². The molecule has 0 radical (unpaired) electrons. The van der Waals surface area contributed by atoms with Gasteiger partial charge in [0, 0.05) is 31.7 Å². The zero-order valence-electron chi connectivity index (χ0n) is 9.39. The number of carbonyl (C=O) groups excluding carboxylic acids is 1. The van der Waals surface area contributed by atoms with Gasteiger partial charge < -0.3 is 20.7 Å². The number of urea groups is 1. The van der Waals surface area contributed by atoms with Crippen molar-refractivity contribution in [2.45, 2.75) is 37.5 Å². The molecule has 3 N–H and O–H groups in total. The molecule has 0 spiro atoms. The van der Waals surface area contributed by atoms with Gasteiger partial charge in [-0.25, -0.2) is 4.79 Å². The lowest BCUT2D eigenvalue weighted by Gasteiger charge is -2.56. The van der Waals surface area contributed by atoms with Crippen LogP contribution in [-0.4, -0.2) is 48.8 Å². The highest BCUT2D eigenvalue weighted by molar-refractivity contribution is 5.75. The van der Waals surface area contributed by atoms with Gasteiger partial charge in [-0.05, 0) is 19.3 Å². The number of hydrogen-bond acceptors (Lipinski definition) is 3. The zero-order valence-corrected chi connectivity index (χ0v) is 9.39. The normalized spacial score (nSPS) is 43.3. The van der Waals surface area contributed by atoms with E-state index in [1.807, 2.05) is 4.90 Å². The second kappa shape index (κ2) is 3.89. The molecule has 1 saturated carbocycles. The Morgan fingerprint density at radius 2 is 2.31 bits per heavy atom. The Balaban J connectivity index is 1.72. The van der Waals surface area contributed by atoms with Crippen molar-refractivity contribution in [3.05, 3.63) is 0 Å². The van der Waals surface area contributed by atoms with E-state index in [1.165, 1.54) is 0 Å². The summed E-state index contributed by atoms with van der Waals surface area (Å²) in [5.41, 5.74) is 6.17. The van der Waals surface area contributed by atoms with Gasteiger partial charge in [0.1, 0.15) is 0 Å². The Morgan fingerprint density at radius 3 is 3.12 bits per heavy atom. The van der Waals surface area contributed by atoms with Crippen molar-refractivity contribution in [2.24, 2.45) is 11.7 Å². The summed E-state index contributed by atoms with van der Waals surface area (Å²) in [6.45, 7) is 2.42. The van der Waals surface area contributed by atoms with E-state index in [-0.39, 0.29) is 24.2 Å². The molecule has 4 atom stereocenters. The quantitative estimate of drug-likeness (QED) is 0.655. The number of carbonyl (C=O) groups is 1. The number of nitrogens with zero attached hydrogens (tertiary/aromatic N) is 1. The van der Waals surface area contributed by atoms with Crippen LogP contribution in [0.3, 0.4) is 0 Å². The van der Waals surface area contributed by atoms with Gasteiger partial charge in [-0.3, -0.25) is 0 Å². The van der Waals surface area contributed by atoms with E-state index in [1.54, 1.807) is 0 Å². The molecule has 3 aliphatic rings. The molecular formula is C11H19N3O2. The average molecular weight is 225 g/mol. The maximum Gasteiger partial charge on any atom is 0.317 e. The molecule has 2 amide bonds. The molecular weight excluding hydrogens is 206 g/mol. The van der Waals surface area contributed by atoms with Crippen LogP contribution in [0.2, 0.25) is 0 Å². The van der Waals surface area contributed by atoms with Gasteiger partial charge in [0.25, 0.3) is 0 Å². The van der Waals surface area contributed by atoms with Crippen LogP contribution in [0.4, 0.5) is 4.79 Å². The summed E-state index contributed by atoms with van der Waals surface area (Å²) in [5.74, 6) is 0.466. The molecule has 2 saturated heterocycles. The number of hydrogen-bond donors (Lipinski definition) is 2. The van der Waals surface area contributed by atoms with Crippen molar-refractivity contribution in [1.82, 2.24) is 10.2 Å². The summed E-state index contributed by atoms with van der Waals surface area (Å²) in [6, 6.07) is 0.235. The number of nitrogens with one attached hydrogen (secondary N) is 1. The lowest BCUT2D eigenvalue weighted by atomic mass is 9.68. The Morgan fingerprint density at radius 1 is 1.44 bits per heavy atom. The maximum atomic E-state index is 11.8. The third-order valence-electron chi connectivity index (χ3n) is 4.11. The third kappa shape index (κ3) is 1.42. The number of amides is 2. The van der Waals surface area contributed by atoms with Gasteiger partial charge in [-0.1, -0.05) is 0 Å². The number of ether oxygens (including phenoxy) is 1. The molecule has 5 heteroatoms. The van der Waals surface area contributed by atoms with Gasteiger partial charge >= 0.3 is 6.03 Å². The topological polar surface area (TPSA) is 67.6 Å². The Kier molecular flexibility index (Phi) is 2.52. The first-order chi connectivity index (χ1) is 7.79. The first kappa shape index (κ1) is 10.4. The van der Waals surface area contributed by atoms with Crippen LogP contribution in [0.15, 0.2) is 0 Å². The van der Waals surface area contributed by atoms with Crippen LogP contribution >= 0.6 is 0 Å². The second-order valence-corrected chi connectivity index (χ2v) is 4.99. The smallest absolute Gasteiger partial charge is 0.317 e. The van der Waals surface area contributed by atoms with Crippen molar-refractivity contribution >= 4 is 6.03 Å². The molecule has 1 aliphatic carbocycles. The van der Waals surface area contributed by atoms with E-state index in [4.69, 9.17) is 10.5 Å². The fraction of sp³-hybridized carbons (Fsp3) is 0.909. The zero-order chi connectivity index (χ0) is 11.1. The standard InChI is InChI=1S/C11H19N3O2/c12-8-7-3-1-6-16-10(7)9(8)14-5-2-4-13-11(14)15/h7-10H,1-6,12H2,(H,13,15). The summed E-state index contributed by atoms with van der Waals surface area (Å²) < 4.78 is 5.76. The molecule has 90 valence electrons. The lowest BCUT2D eigenvalue weighted by Crippen LogP contribution is -2.74. The largest absolute Gasteiger partial charge is 0.376 e. The maximum absolute atomic E-state index is 11.8. The second-order valence-electron chi connectivity index (χ2n) is 4.99. The molecule has 2 aliphatic heterocycles. The first-order valence-electron chi connectivity index (χ1n) is 6.21. The molecule has 0 aromatic carbocycles. The molecule has 2 heterocycles. The van der Waals surface area contributed by atoms with E-state index < -0.39 is 0 Å². The van der Waals surface area contributed by atoms with E-state index in [2.05, 4.69) is 5.32 Å². The third-order valence-corrected chi connectivity index (χ3v) is 4.11. The monoisotopic (exact) mass is 225 g/mol. The summed E-state index contributed by atoms with van der Waals surface area (Å²) >= 11 is 0. The minimum atomic E-state index is 0.0272. The van der Waals surface area contributed by atoms with Gasteiger partial charge in [-0.15, -0.1) is 0 Å². The Bertz CT molecular complexity index is 297. The Labute approximate surface area is 95.3 Å². The fourth-order valence-corrected chi connectivity index (χ4v) is 3.23. The Hall–Kier alpha value is -0.810. The molecule has 3 fully saturated rings. The van der Waals surface area contributed by atoms with Crippen molar-refractivity contribution in [2.75, 3.05) is 19.7 Å². The van der Waals surface area contributed by atoms with Crippen LogP contribution in [0, 0.1) is 5.92 Å². The van der Waals surface area contributed by atoms with Gasteiger partial charge in [0.05, 0.1) is 12.1 Å². The predicted octanol–water partition coefficient (Wildman–Crippen LogP) is -0.0936. The van der Waals surface area contributed by atoms with Crippen LogP contribution in [0.1, 0.15) is 19.3 Å². The molecule has 5 nitrogen and oxygen atoms in total. The van der Waals surface area contributed by atoms with E-state index in [9.17, 15) is 4.79 Å². The summed E-state index contributed by atoms with van der Waals surface area (Å²) in [6.07, 6.45) is 3.45. The highest BCUT2D eigenvalue weighted by Gasteiger charge is 2.54. The lowest BCUT2D eigenvalue weighted by molar-refractivity contribution is -0.146. The summed E-state index contributed by atoms with van der Waals surface area (Å²) in [7, 11) is 0. The van der Waals surface area contributed by atoms with Gasteiger partial charge in [0.15, 0.2) is 0 Å². The van der Waals surface area contributed by atoms with Crippen LogP contribution in [-0.2, 0) is 4.74 Å². The van der Waals surface area contributed by atoms with E-state index >= 15 is 0 Å². The minimum Gasteiger partial charge on any atom is -0.376 e. The van der Waals surface area contributed by atoms with Crippen molar-refractivity contribution in [3.8, 4) is 0 Å². The molecule has 0 bridgehead atoms. The van der Waals surface area contributed by atoms with Crippen molar-refractivity contribution in [3.63, 3.8) is 0 Å². The highest BCUT2D eigenvalue weighted by atomic mass is 16.5. The van der Waals surface area contributed by atoms with Crippen LogP contribution < -0.4 is 11.1 Å². The molecule has 4 unspecified atom stereocenters. The SMILES string of the molecule is NC1C2CCCOC2C1N1CCCNC1=O. The molecule has 0 aromatic rings. The minimum absolute atomic E-state index is 0.0272. The number of rotatable bonds is 1.